The molecule has 3 rings (SSSR count). The van der Waals surface area contributed by atoms with E-state index in [1.165, 1.54) is 17.3 Å². The Bertz CT molecular complexity index is 944. The van der Waals surface area contributed by atoms with E-state index in [4.69, 9.17) is 11.6 Å². The van der Waals surface area contributed by atoms with Gasteiger partial charge in [0.15, 0.2) is 5.16 Å². The number of nitrogens with zero attached hydrogens (tertiary/aromatic N) is 3. The summed E-state index contributed by atoms with van der Waals surface area (Å²) in [6.07, 6.45) is 0. The van der Waals surface area contributed by atoms with Crippen LogP contribution >= 0.6 is 35.1 Å². The number of hydrogen-bond acceptors (Lipinski definition) is 5. The Morgan fingerprint density at radius 3 is 2.61 bits per heavy atom. The Labute approximate surface area is 178 Å². The van der Waals surface area contributed by atoms with Crippen molar-refractivity contribution in [2.45, 2.75) is 23.6 Å². The second kappa shape index (κ2) is 10.0. The summed E-state index contributed by atoms with van der Waals surface area (Å²) < 4.78 is 1.95. The maximum absolute atomic E-state index is 12.2. The molecule has 0 fully saturated rings. The molecule has 0 saturated heterocycles. The van der Waals surface area contributed by atoms with Gasteiger partial charge >= 0.3 is 0 Å². The minimum absolute atomic E-state index is 0.0547. The van der Waals surface area contributed by atoms with Crippen molar-refractivity contribution in [3.63, 3.8) is 0 Å². The molecule has 3 aromatic rings. The maximum atomic E-state index is 12.2. The van der Waals surface area contributed by atoms with Crippen LogP contribution in [0.15, 0.2) is 53.7 Å². The van der Waals surface area contributed by atoms with Gasteiger partial charge in [0, 0.05) is 23.5 Å². The predicted molar refractivity (Wildman–Crippen MR) is 118 cm³/mol. The van der Waals surface area contributed by atoms with Crippen LogP contribution in [0.3, 0.4) is 0 Å². The first-order valence-corrected chi connectivity index (χ1v) is 11.2. The van der Waals surface area contributed by atoms with Gasteiger partial charge in [-0.25, -0.2) is 0 Å². The highest BCUT2D eigenvalue weighted by Gasteiger charge is 2.12. The number of amides is 1. The van der Waals surface area contributed by atoms with Gasteiger partial charge < -0.3 is 9.88 Å². The molecular formula is C20H21ClN4OS2. The van der Waals surface area contributed by atoms with E-state index < -0.39 is 0 Å². The van der Waals surface area contributed by atoms with Crippen LogP contribution in [0.25, 0.3) is 0 Å². The Balaban J connectivity index is 1.48. The summed E-state index contributed by atoms with van der Waals surface area (Å²) in [6, 6.07) is 15.6. The molecule has 0 aliphatic heterocycles. The van der Waals surface area contributed by atoms with E-state index in [0.717, 1.165) is 38.8 Å². The molecule has 0 unspecified atom stereocenters. The first-order chi connectivity index (χ1) is 13.5. The van der Waals surface area contributed by atoms with Gasteiger partial charge in [0.25, 0.3) is 0 Å². The Kier molecular flexibility index (Phi) is 7.42. The fourth-order valence-electron chi connectivity index (χ4n) is 2.47. The van der Waals surface area contributed by atoms with E-state index in [0.29, 0.717) is 0 Å². The fraction of sp³-hybridized carbons (Fsp3) is 0.250. The number of aryl methyl sites for hydroxylation is 1. The van der Waals surface area contributed by atoms with Gasteiger partial charge in [0.05, 0.1) is 11.5 Å². The van der Waals surface area contributed by atoms with Gasteiger partial charge in [-0.1, -0.05) is 53.7 Å². The molecule has 0 saturated carbocycles. The van der Waals surface area contributed by atoms with Crippen LogP contribution in [0.5, 0.6) is 0 Å². The van der Waals surface area contributed by atoms with Crippen molar-refractivity contribution < 1.29 is 4.79 Å². The molecule has 1 aromatic heterocycles. The van der Waals surface area contributed by atoms with Crippen molar-refractivity contribution in [2.24, 2.45) is 7.05 Å². The van der Waals surface area contributed by atoms with Crippen molar-refractivity contribution in [1.82, 2.24) is 14.8 Å². The zero-order chi connectivity index (χ0) is 19.9. The van der Waals surface area contributed by atoms with Gasteiger partial charge in [0.2, 0.25) is 5.91 Å². The molecule has 2 aromatic carbocycles. The van der Waals surface area contributed by atoms with Gasteiger partial charge in [-0.2, -0.15) is 0 Å². The van der Waals surface area contributed by atoms with Crippen molar-refractivity contribution in [2.75, 3.05) is 11.1 Å². The second-order valence-corrected chi connectivity index (χ2v) is 8.59. The Morgan fingerprint density at radius 2 is 1.86 bits per heavy atom. The number of carbonyl (C=O) groups is 1. The smallest absolute Gasteiger partial charge is 0.234 e. The van der Waals surface area contributed by atoms with Crippen LogP contribution in [0, 0.1) is 6.92 Å². The van der Waals surface area contributed by atoms with Gasteiger partial charge in [0.1, 0.15) is 5.82 Å². The zero-order valence-corrected chi connectivity index (χ0v) is 18.1. The van der Waals surface area contributed by atoms with Crippen molar-refractivity contribution in [3.8, 4) is 0 Å². The minimum atomic E-state index is -0.0547. The van der Waals surface area contributed by atoms with Gasteiger partial charge in [-0.3, -0.25) is 4.79 Å². The lowest BCUT2D eigenvalue weighted by Gasteiger charge is -2.08. The van der Waals surface area contributed by atoms with Crippen molar-refractivity contribution in [1.29, 1.82) is 0 Å². The van der Waals surface area contributed by atoms with E-state index in [9.17, 15) is 4.79 Å². The van der Waals surface area contributed by atoms with Crippen LogP contribution in [-0.2, 0) is 23.3 Å². The number of benzene rings is 2. The summed E-state index contributed by atoms with van der Waals surface area (Å²) in [5.74, 6) is 2.76. The summed E-state index contributed by atoms with van der Waals surface area (Å²) in [5.41, 5.74) is 3.10. The molecule has 0 atom stereocenters. The quantitative estimate of drug-likeness (QED) is 0.511. The monoisotopic (exact) mass is 432 g/mol. The molecule has 0 radical (unpaired) electrons. The second-order valence-electron chi connectivity index (χ2n) is 6.23. The SMILES string of the molecule is Cc1ccccc1NC(=O)CSc1nnc(CSCc2ccc(Cl)cc2)n1C. The van der Waals surface area contributed by atoms with E-state index in [2.05, 4.69) is 15.5 Å². The van der Waals surface area contributed by atoms with Crippen LogP contribution < -0.4 is 5.32 Å². The van der Waals surface area contributed by atoms with Gasteiger partial charge in [-0.05, 0) is 36.2 Å². The molecule has 0 aliphatic rings. The maximum Gasteiger partial charge on any atom is 0.234 e. The van der Waals surface area contributed by atoms with Crippen LogP contribution in [0.2, 0.25) is 5.02 Å². The number of carbonyl (C=O) groups excluding carboxylic acids is 1. The lowest BCUT2D eigenvalue weighted by Crippen LogP contribution is -2.15. The average molecular weight is 433 g/mol. The largest absolute Gasteiger partial charge is 0.325 e. The number of thioether (sulfide) groups is 2. The highest BCUT2D eigenvalue weighted by molar-refractivity contribution is 7.99. The third-order valence-corrected chi connectivity index (χ3v) is 6.36. The van der Waals surface area contributed by atoms with Crippen LogP contribution in [-0.4, -0.2) is 26.4 Å². The highest BCUT2D eigenvalue weighted by atomic mass is 35.5. The topological polar surface area (TPSA) is 59.8 Å². The molecular weight excluding hydrogens is 412 g/mol. The predicted octanol–water partition coefficient (Wildman–Crippen LogP) is 4.94. The number of aromatic nitrogens is 3. The highest BCUT2D eigenvalue weighted by Crippen LogP contribution is 2.22. The molecule has 0 spiro atoms. The number of nitrogens with one attached hydrogen (secondary N) is 1. The molecule has 0 bridgehead atoms. The number of para-hydroxylation sites is 1. The van der Waals surface area contributed by atoms with E-state index >= 15 is 0 Å². The fourth-order valence-corrected chi connectivity index (χ4v) is 4.29. The third-order valence-electron chi connectivity index (χ3n) is 4.09. The van der Waals surface area contributed by atoms with Crippen molar-refractivity contribution >= 4 is 46.7 Å². The van der Waals surface area contributed by atoms with Gasteiger partial charge in [-0.15, -0.1) is 22.0 Å². The van der Waals surface area contributed by atoms with E-state index in [1.54, 1.807) is 11.8 Å². The number of anilines is 1. The average Bonchev–Trinajstić information content (AvgIpc) is 3.03. The standard InChI is InChI=1S/C20H21ClN4OS2/c1-14-5-3-4-6-17(14)22-19(26)13-28-20-24-23-18(25(20)2)12-27-11-15-7-9-16(21)10-8-15/h3-10H,11-13H2,1-2H3,(H,22,26). The minimum Gasteiger partial charge on any atom is -0.325 e. The Hall–Kier alpha value is -1.96. The lowest BCUT2D eigenvalue weighted by atomic mass is 10.2. The van der Waals surface area contributed by atoms with E-state index in [-0.39, 0.29) is 11.7 Å². The first kappa shape index (κ1) is 20.8. The summed E-state index contributed by atoms with van der Waals surface area (Å²) in [5, 5.41) is 12.9. The van der Waals surface area contributed by atoms with Crippen molar-refractivity contribution in [3.05, 3.63) is 70.5 Å². The summed E-state index contributed by atoms with van der Waals surface area (Å²) in [7, 11) is 1.93. The lowest BCUT2D eigenvalue weighted by molar-refractivity contribution is -0.113. The molecule has 5 nitrogen and oxygen atoms in total. The number of rotatable bonds is 8. The summed E-state index contributed by atoms with van der Waals surface area (Å²) >= 11 is 9.06. The first-order valence-electron chi connectivity index (χ1n) is 8.71. The van der Waals surface area contributed by atoms with E-state index in [1.807, 2.05) is 67.1 Å². The molecule has 28 heavy (non-hydrogen) atoms. The zero-order valence-electron chi connectivity index (χ0n) is 15.7. The molecule has 146 valence electrons. The Morgan fingerprint density at radius 1 is 1.11 bits per heavy atom. The normalized spacial score (nSPS) is 10.8. The summed E-state index contributed by atoms with van der Waals surface area (Å²) in [4.78, 5) is 12.2. The third kappa shape index (κ3) is 5.77. The molecule has 1 amide bonds. The number of hydrogen-bond donors (Lipinski definition) is 1. The van der Waals surface area contributed by atoms with Crippen LogP contribution in [0.1, 0.15) is 17.0 Å². The summed E-state index contributed by atoms with van der Waals surface area (Å²) in [6.45, 7) is 1.97. The molecule has 0 aliphatic carbocycles. The van der Waals surface area contributed by atoms with Crippen LogP contribution in [0.4, 0.5) is 5.69 Å². The molecule has 8 heteroatoms. The molecule has 1 N–H and O–H groups in total. The molecule has 1 heterocycles. The number of halogens is 1.